The zero-order chi connectivity index (χ0) is 31.5. The maximum atomic E-state index is 13.8. The van der Waals surface area contributed by atoms with Crippen LogP contribution in [0.2, 0.25) is 15.1 Å². The molecule has 2 aromatic carbocycles. The minimum atomic E-state index is -5.13. The van der Waals surface area contributed by atoms with Crippen molar-refractivity contribution in [3.63, 3.8) is 0 Å². The van der Waals surface area contributed by atoms with E-state index in [4.69, 9.17) is 34.8 Å². The van der Waals surface area contributed by atoms with Crippen LogP contribution in [0.1, 0.15) is 53.2 Å². The molecule has 0 bridgehead atoms. The summed E-state index contributed by atoms with van der Waals surface area (Å²) in [6.07, 6.45) is -16.2. The zero-order valence-electron chi connectivity index (χ0n) is 20.8. The van der Waals surface area contributed by atoms with Gasteiger partial charge in [0.05, 0.1) is 44.7 Å². The molecule has 16 heteroatoms. The second-order valence-electron chi connectivity index (χ2n) is 8.90. The fraction of sp³-hybridized carbons (Fsp3) is 0.360. The van der Waals surface area contributed by atoms with Gasteiger partial charge in [-0.1, -0.05) is 59.9 Å². The van der Waals surface area contributed by atoms with Crippen LogP contribution in [0.4, 0.5) is 39.5 Å². The minimum absolute atomic E-state index is 0.185. The van der Waals surface area contributed by atoms with Gasteiger partial charge in [0.15, 0.2) is 0 Å². The average molecular weight is 658 g/mol. The predicted molar refractivity (Wildman–Crippen MR) is 136 cm³/mol. The molecule has 0 fully saturated rings. The van der Waals surface area contributed by atoms with Gasteiger partial charge in [-0.2, -0.15) is 39.5 Å². The van der Waals surface area contributed by atoms with Gasteiger partial charge in [-0.3, -0.25) is 9.59 Å². The number of rotatable bonds is 8. The Hall–Kier alpha value is -2.64. The molecular formula is C25H20Cl3F9N2O2. The Morgan fingerprint density at radius 1 is 0.878 bits per heavy atom. The number of benzene rings is 2. The van der Waals surface area contributed by atoms with Crippen LogP contribution in [0.15, 0.2) is 36.4 Å². The molecule has 0 saturated carbocycles. The fourth-order valence-corrected chi connectivity index (χ4v) is 4.19. The highest BCUT2D eigenvalue weighted by molar-refractivity contribution is 6.48. The van der Waals surface area contributed by atoms with Crippen LogP contribution in [0, 0.1) is 5.92 Å². The smallest absolute Gasteiger partial charge is 0.336 e. The molecule has 2 N–H and O–H groups in total. The number of halogens is 12. The van der Waals surface area contributed by atoms with Gasteiger partial charge in [0.25, 0.3) is 5.91 Å². The Bertz CT molecular complexity index is 1290. The summed E-state index contributed by atoms with van der Waals surface area (Å²) < 4.78 is 120. The molecule has 0 radical (unpaired) electrons. The zero-order valence-corrected chi connectivity index (χ0v) is 23.1. The Balaban J connectivity index is 2.33. The molecule has 2 amide bonds. The van der Waals surface area contributed by atoms with Gasteiger partial charge in [0, 0.05) is 5.92 Å². The van der Waals surface area contributed by atoms with E-state index in [-0.39, 0.29) is 20.6 Å². The molecule has 0 aliphatic carbocycles. The molecule has 2 unspecified atom stereocenters. The number of amides is 2. The molecule has 0 aliphatic heterocycles. The van der Waals surface area contributed by atoms with Crippen LogP contribution < -0.4 is 10.6 Å². The fourth-order valence-electron chi connectivity index (χ4n) is 3.58. The topological polar surface area (TPSA) is 58.2 Å². The van der Waals surface area contributed by atoms with E-state index < -0.39 is 71.5 Å². The molecule has 2 rings (SSSR count). The van der Waals surface area contributed by atoms with Crippen molar-refractivity contribution in [1.82, 2.24) is 10.6 Å². The van der Waals surface area contributed by atoms with Gasteiger partial charge in [-0.05, 0) is 42.3 Å². The lowest BCUT2D eigenvalue weighted by Gasteiger charge is -2.21. The van der Waals surface area contributed by atoms with E-state index in [0.717, 1.165) is 38.1 Å². The Labute approximate surface area is 242 Å². The van der Waals surface area contributed by atoms with E-state index in [0.29, 0.717) is 18.2 Å². The van der Waals surface area contributed by atoms with Crippen molar-refractivity contribution in [2.45, 2.75) is 50.9 Å². The summed E-state index contributed by atoms with van der Waals surface area (Å²) in [5.74, 6) is -6.32. The summed E-state index contributed by atoms with van der Waals surface area (Å²) in [6.45, 7) is 2.10. The number of carbonyl (C=O) groups is 2. The molecule has 226 valence electrons. The summed E-state index contributed by atoms with van der Waals surface area (Å²) >= 11 is 17.4. The van der Waals surface area contributed by atoms with Crippen LogP contribution in [0.5, 0.6) is 0 Å². The third-order valence-electron chi connectivity index (χ3n) is 5.48. The molecule has 0 saturated heterocycles. The number of hydrogen-bond donors (Lipinski definition) is 2. The maximum Gasteiger partial charge on any atom is 0.417 e. The maximum absolute atomic E-state index is 13.8. The Kier molecular flexibility index (Phi) is 11.1. The molecule has 4 nitrogen and oxygen atoms in total. The van der Waals surface area contributed by atoms with Gasteiger partial charge in [-0.15, -0.1) is 0 Å². The summed E-state index contributed by atoms with van der Waals surface area (Å²) in [5.41, 5.74) is -3.23. The highest BCUT2D eigenvalue weighted by atomic mass is 35.5. The van der Waals surface area contributed by atoms with Crippen molar-refractivity contribution in [3.8, 4) is 0 Å². The van der Waals surface area contributed by atoms with Crippen LogP contribution in [-0.2, 0) is 11.0 Å². The van der Waals surface area contributed by atoms with Crippen LogP contribution in [-0.4, -0.2) is 30.3 Å². The third kappa shape index (κ3) is 10.00. The number of nitrogens with one attached hydrogen (secondary N) is 2. The van der Waals surface area contributed by atoms with Gasteiger partial charge in [0.2, 0.25) is 5.91 Å². The number of carbonyl (C=O) groups excluding carboxylic acids is 2. The quantitative estimate of drug-likeness (QED) is 0.169. The molecule has 0 spiro atoms. The first-order valence-corrected chi connectivity index (χ1v) is 12.5. The lowest BCUT2D eigenvalue weighted by Crippen LogP contribution is -2.48. The molecule has 41 heavy (non-hydrogen) atoms. The first-order chi connectivity index (χ1) is 18.6. The molecule has 0 aliphatic rings. The van der Waals surface area contributed by atoms with E-state index in [1.54, 1.807) is 0 Å². The Morgan fingerprint density at radius 2 is 1.44 bits per heavy atom. The monoisotopic (exact) mass is 656 g/mol. The van der Waals surface area contributed by atoms with Gasteiger partial charge in [0.1, 0.15) is 0 Å². The van der Waals surface area contributed by atoms with Gasteiger partial charge >= 0.3 is 18.5 Å². The van der Waals surface area contributed by atoms with Crippen molar-refractivity contribution < 1.29 is 49.1 Å². The molecule has 0 heterocycles. The van der Waals surface area contributed by atoms with Gasteiger partial charge < -0.3 is 10.6 Å². The first-order valence-electron chi connectivity index (χ1n) is 11.4. The molecule has 0 aromatic heterocycles. The van der Waals surface area contributed by atoms with Crippen molar-refractivity contribution in [1.29, 1.82) is 0 Å². The van der Waals surface area contributed by atoms with E-state index in [9.17, 15) is 49.1 Å². The normalized spacial score (nSPS) is 15.0. The lowest BCUT2D eigenvalue weighted by molar-refractivity contribution is -0.153. The molecule has 3 atom stereocenters. The highest BCUT2D eigenvalue weighted by Crippen LogP contribution is 2.41. The Morgan fingerprint density at radius 3 is 1.93 bits per heavy atom. The molecular weight excluding hydrogens is 638 g/mol. The van der Waals surface area contributed by atoms with E-state index in [1.165, 1.54) is 0 Å². The third-order valence-corrected chi connectivity index (χ3v) is 6.68. The minimum Gasteiger partial charge on any atom is -0.336 e. The average Bonchev–Trinajstić information content (AvgIpc) is 2.79. The highest BCUT2D eigenvalue weighted by Gasteiger charge is 2.40. The van der Waals surface area contributed by atoms with E-state index in [1.807, 2.05) is 10.6 Å². The second kappa shape index (κ2) is 13.1. The van der Waals surface area contributed by atoms with Crippen molar-refractivity contribution in [2.75, 3.05) is 0 Å². The van der Waals surface area contributed by atoms with Crippen molar-refractivity contribution in [3.05, 3.63) is 73.7 Å². The van der Waals surface area contributed by atoms with Crippen LogP contribution in [0.3, 0.4) is 0 Å². The molecule has 2 aromatic rings. The summed E-state index contributed by atoms with van der Waals surface area (Å²) in [7, 11) is 0. The van der Waals surface area contributed by atoms with Gasteiger partial charge in [-0.25, -0.2) is 0 Å². The van der Waals surface area contributed by atoms with Crippen molar-refractivity contribution >= 4 is 52.7 Å². The second-order valence-corrected chi connectivity index (χ2v) is 10.1. The van der Waals surface area contributed by atoms with E-state index in [2.05, 4.69) is 0 Å². The lowest BCUT2D eigenvalue weighted by atomic mass is 9.96. The summed E-state index contributed by atoms with van der Waals surface area (Å²) in [5, 5.41) is 3.35. The summed E-state index contributed by atoms with van der Waals surface area (Å²) in [4.78, 5) is 24.5. The number of allylic oxidation sites excluding steroid dienone is 1. The summed E-state index contributed by atoms with van der Waals surface area (Å²) in [6, 6.07) is 3.92. The van der Waals surface area contributed by atoms with E-state index >= 15 is 0 Å². The number of alkyl halides is 9. The standard InChI is InChI=1S/C25H20Cl3F9N2O2/c1-11(10-23(29,30)31)21(40)38-12(2)39-22(41)15-5-3-13(7-17(15)25(35,36)37)4-6-16(24(32,33)34)14-8-18(26)20(28)19(27)9-14/h3-9,11-12,16H,10H2,1-2H3,(H,38,40)(H,39,41)/b6-4+/t11-,12?,16?/m1/s1. The number of hydrogen-bond acceptors (Lipinski definition) is 2. The predicted octanol–water partition coefficient (Wildman–Crippen LogP) is 8.81. The van der Waals surface area contributed by atoms with Crippen LogP contribution >= 0.6 is 34.8 Å². The van der Waals surface area contributed by atoms with Crippen LogP contribution in [0.25, 0.3) is 6.08 Å². The SMILES string of the molecule is CC(NC(=O)c1ccc(/C=C/C(c2cc(Cl)c(Cl)c(Cl)c2)C(F)(F)F)cc1C(F)(F)F)NC(=O)[C@H](C)CC(F)(F)F. The largest absolute Gasteiger partial charge is 0.417 e. The first kappa shape index (κ1) is 34.6. The van der Waals surface area contributed by atoms with Crippen molar-refractivity contribution in [2.24, 2.45) is 5.92 Å².